The van der Waals surface area contributed by atoms with Crippen molar-refractivity contribution in [3.8, 4) is 0 Å². The Morgan fingerprint density at radius 1 is 0.917 bits per heavy atom. The monoisotopic (exact) mass is 367 g/mol. The molecule has 6 nitrogen and oxygen atoms in total. The quantitative estimate of drug-likeness (QED) is 0.443. The van der Waals surface area contributed by atoms with Gasteiger partial charge in [0.15, 0.2) is 5.92 Å². The number of amides is 1. The zero-order valence-corrected chi connectivity index (χ0v) is 12.8. The van der Waals surface area contributed by atoms with E-state index in [4.69, 9.17) is 0 Å². The van der Waals surface area contributed by atoms with Crippen LogP contribution in [0.25, 0.3) is 0 Å². The van der Waals surface area contributed by atoms with E-state index in [1.54, 1.807) is 0 Å². The van der Waals surface area contributed by atoms with Gasteiger partial charge >= 0.3 is 24.4 Å². The number of rotatable bonds is 6. The standard InChI is InChI=1S/C12H15F6NO5/c1-4-23-8(21)7(6(3)20)10(11(13,14)15,12(16,17)18)19-9(22)24-5-2/h7H,4-5H2,1-3H3,(H,19,22)/t7-/m1/s1. The van der Waals surface area contributed by atoms with Crippen molar-refractivity contribution in [2.24, 2.45) is 5.92 Å². The molecule has 0 aromatic rings. The summed E-state index contributed by atoms with van der Waals surface area (Å²) < 4.78 is 88.2. The molecule has 0 aromatic heterocycles. The fraction of sp³-hybridized carbons (Fsp3) is 0.750. The third-order valence-electron chi connectivity index (χ3n) is 2.83. The lowest BCUT2D eigenvalue weighted by molar-refractivity contribution is -0.316. The molecule has 0 aromatic carbocycles. The predicted octanol–water partition coefficient (Wildman–Crippen LogP) is 2.36. The number of ether oxygens (including phenoxy) is 2. The molecule has 0 radical (unpaired) electrons. The van der Waals surface area contributed by atoms with Gasteiger partial charge in [0.05, 0.1) is 13.2 Å². The van der Waals surface area contributed by atoms with Gasteiger partial charge < -0.3 is 9.47 Å². The van der Waals surface area contributed by atoms with E-state index in [2.05, 4.69) is 9.47 Å². The van der Waals surface area contributed by atoms with Crippen molar-refractivity contribution < 1.29 is 50.2 Å². The van der Waals surface area contributed by atoms with E-state index in [-0.39, 0.29) is 0 Å². The number of carbonyl (C=O) groups is 3. The minimum atomic E-state index is -6.25. The molecule has 1 atom stereocenters. The van der Waals surface area contributed by atoms with Gasteiger partial charge in [-0.3, -0.25) is 14.9 Å². The molecule has 0 aliphatic heterocycles. The van der Waals surface area contributed by atoms with Crippen LogP contribution in [0, 0.1) is 5.92 Å². The average molecular weight is 367 g/mol. The molecule has 12 heteroatoms. The number of hydrogen-bond donors (Lipinski definition) is 1. The van der Waals surface area contributed by atoms with Crippen LogP contribution in [-0.4, -0.2) is 49.0 Å². The second kappa shape index (κ2) is 7.71. The predicted molar refractivity (Wildman–Crippen MR) is 65.8 cm³/mol. The Hall–Kier alpha value is -2.01. The maximum Gasteiger partial charge on any atom is 0.421 e. The van der Waals surface area contributed by atoms with E-state index in [1.807, 2.05) is 0 Å². The molecule has 0 aliphatic carbocycles. The highest BCUT2D eigenvalue weighted by atomic mass is 19.4. The van der Waals surface area contributed by atoms with E-state index >= 15 is 0 Å². The third kappa shape index (κ3) is 4.29. The lowest BCUT2D eigenvalue weighted by Crippen LogP contribution is -2.74. The minimum absolute atomic E-state index is 0.348. The Morgan fingerprint density at radius 2 is 1.33 bits per heavy atom. The molecule has 0 unspecified atom stereocenters. The van der Waals surface area contributed by atoms with E-state index in [0.29, 0.717) is 12.2 Å². The number of alkyl halides is 6. The molecule has 0 saturated heterocycles. The summed E-state index contributed by atoms with van der Waals surface area (Å²) in [5, 5.41) is 0.599. The van der Waals surface area contributed by atoms with Crippen LogP contribution in [0.4, 0.5) is 31.1 Å². The van der Waals surface area contributed by atoms with Crippen molar-refractivity contribution in [2.75, 3.05) is 13.2 Å². The van der Waals surface area contributed by atoms with Crippen molar-refractivity contribution in [2.45, 2.75) is 38.7 Å². The van der Waals surface area contributed by atoms with Gasteiger partial charge in [-0.05, 0) is 20.8 Å². The molecule has 0 bridgehead atoms. The van der Waals surface area contributed by atoms with Gasteiger partial charge in [0, 0.05) is 0 Å². The topological polar surface area (TPSA) is 81.7 Å². The Morgan fingerprint density at radius 3 is 1.62 bits per heavy atom. The van der Waals surface area contributed by atoms with Crippen molar-refractivity contribution >= 4 is 17.8 Å². The molecule has 0 aliphatic rings. The lowest BCUT2D eigenvalue weighted by Gasteiger charge is -2.40. The molecule has 140 valence electrons. The normalized spacial score (nSPS) is 13.9. The number of Topliss-reactive ketones (excluding diaryl/α,β-unsaturated/α-hetero) is 1. The van der Waals surface area contributed by atoms with Gasteiger partial charge in [-0.25, -0.2) is 4.79 Å². The third-order valence-corrected chi connectivity index (χ3v) is 2.83. The Kier molecular flexibility index (Phi) is 7.06. The fourth-order valence-corrected chi connectivity index (χ4v) is 1.90. The second-order valence-electron chi connectivity index (χ2n) is 4.44. The highest BCUT2D eigenvalue weighted by Gasteiger charge is 2.78. The zero-order chi connectivity index (χ0) is 19.3. The first-order valence-electron chi connectivity index (χ1n) is 6.51. The first kappa shape index (κ1) is 22.0. The molecule has 1 N–H and O–H groups in total. The zero-order valence-electron chi connectivity index (χ0n) is 12.8. The summed E-state index contributed by atoms with van der Waals surface area (Å²) >= 11 is 0. The van der Waals surface area contributed by atoms with Gasteiger partial charge in [0.25, 0.3) is 5.54 Å². The molecule has 0 saturated carbocycles. The summed E-state index contributed by atoms with van der Waals surface area (Å²) in [6.45, 7) is 1.49. The van der Waals surface area contributed by atoms with Gasteiger partial charge in [-0.2, -0.15) is 26.3 Å². The first-order valence-corrected chi connectivity index (χ1v) is 6.51. The van der Waals surface area contributed by atoms with Crippen molar-refractivity contribution in [1.29, 1.82) is 0 Å². The van der Waals surface area contributed by atoms with Gasteiger partial charge in [0.1, 0.15) is 5.78 Å². The smallest absolute Gasteiger partial charge is 0.421 e. The number of nitrogens with one attached hydrogen (secondary N) is 1. The molecular weight excluding hydrogens is 352 g/mol. The highest BCUT2D eigenvalue weighted by Crippen LogP contribution is 2.48. The van der Waals surface area contributed by atoms with E-state index in [1.165, 1.54) is 0 Å². The maximum atomic E-state index is 13.3. The Bertz CT molecular complexity index is 473. The summed E-state index contributed by atoms with van der Waals surface area (Å²) in [4.78, 5) is 34.3. The Balaban J connectivity index is 6.48. The van der Waals surface area contributed by atoms with E-state index in [0.717, 1.165) is 13.8 Å². The molecule has 0 fully saturated rings. The first-order chi connectivity index (χ1) is 10.8. The van der Waals surface area contributed by atoms with Crippen molar-refractivity contribution in [3.05, 3.63) is 0 Å². The largest absolute Gasteiger partial charge is 0.465 e. The molecule has 0 heterocycles. The van der Waals surface area contributed by atoms with E-state index in [9.17, 15) is 40.7 Å². The van der Waals surface area contributed by atoms with Crippen LogP contribution in [0.2, 0.25) is 0 Å². The van der Waals surface area contributed by atoms with Crippen LogP contribution in [0.15, 0.2) is 0 Å². The number of ketones is 1. The maximum absolute atomic E-state index is 13.3. The SMILES string of the molecule is CCOC(=O)NC([C@H](C(C)=O)C(=O)OCC)(C(F)(F)F)C(F)(F)F. The van der Waals surface area contributed by atoms with Crippen LogP contribution in [0.5, 0.6) is 0 Å². The molecule has 0 spiro atoms. The Labute approximate surface area is 132 Å². The van der Waals surface area contributed by atoms with Crippen LogP contribution in [-0.2, 0) is 19.1 Å². The summed E-state index contributed by atoms with van der Waals surface area (Å²) in [6.07, 6.45) is -14.6. The number of hydrogen-bond acceptors (Lipinski definition) is 5. The van der Waals surface area contributed by atoms with Crippen LogP contribution in [0.3, 0.4) is 0 Å². The van der Waals surface area contributed by atoms with Crippen LogP contribution < -0.4 is 5.32 Å². The molecule has 0 rings (SSSR count). The average Bonchev–Trinajstić information content (AvgIpc) is 2.35. The van der Waals surface area contributed by atoms with Crippen molar-refractivity contribution in [1.82, 2.24) is 5.32 Å². The second-order valence-corrected chi connectivity index (χ2v) is 4.44. The summed E-state index contributed by atoms with van der Waals surface area (Å²) in [6, 6.07) is 0. The van der Waals surface area contributed by atoms with Gasteiger partial charge in [-0.1, -0.05) is 0 Å². The number of esters is 1. The number of halogens is 6. The highest BCUT2D eigenvalue weighted by molar-refractivity contribution is 6.00. The fourth-order valence-electron chi connectivity index (χ4n) is 1.90. The summed E-state index contributed by atoms with van der Waals surface area (Å²) in [5.74, 6) is -7.25. The summed E-state index contributed by atoms with van der Waals surface area (Å²) in [7, 11) is 0. The summed E-state index contributed by atoms with van der Waals surface area (Å²) in [5.41, 5.74) is -5.19. The van der Waals surface area contributed by atoms with E-state index < -0.39 is 54.9 Å². The number of carbonyl (C=O) groups excluding carboxylic acids is 3. The van der Waals surface area contributed by atoms with Crippen LogP contribution >= 0.6 is 0 Å². The van der Waals surface area contributed by atoms with Crippen molar-refractivity contribution in [3.63, 3.8) is 0 Å². The minimum Gasteiger partial charge on any atom is -0.465 e. The molecule has 1 amide bonds. The van der Waals surface area contributed by atoms with Crippen LogP contribution in [0.1, 0.15) is 20.8 Å². The molecular formula is C12H15F6NO5. The number of alkyl carbamates (subject to hydrolysis) is 1. The lowest BCUT2D eigenvalue weighted by atomic mass is 9.79. The molecule has 24 heavy (non-hydrogen) atoms. The van der Waals surface area contributed by atoms with Gasteiger partial charge in [-0.15, -0.1) is 0 Å². The van der Waals surface area contributed by atoms with Gasteiger partial charge in [0.2, 0.25) is 0 Å².